The van der Waals surface area contributed by atoms with Crippen molar-refractivity contribution in [2.24, 2.45) is 0 Å². The van der Waals surface area contributed by atoms with E-state index >= 15 is 0 Å². The Labute approximate surface area is 91.9 Å². The Kier molecular flexibility index (Phi) is 4.47. The van der Waals surface area contributed by atoms with E-state index in [2.05, 4.69) is 20.8 Å². The first-order valence-corrected chi connectivity index (χ1v) is 5.71. The molecule has 1 rings (SSSR count). The van der Waals surface area contributed by atoms with E-state index in [4.69, 9.17) is 4.74 Å². The van der Waals surface area contributed by atoms with Gasteiger partial charge in [0.25, 0.3) is 0 Å². The lowest BCUT2D eigenvalue weighted by atomic mass is 10.0. The van der Waals surface area contributed by atoms with Crippen molar-refractivity contribution in [2.75, 3.05) is 6.61 Å². The van der Waals surface area contributed by atoms with Gasteiger partial charge in [-0.15, -0.1) is 0 Å². The molecule has 0 saturated heterocycles. The zero-order valence-corrected chi connectivity index (χ0v) is 9.84. The zero-order chi connectivity index (χ0) is 11.3. The van der Waals surface area contributed by atoms with Crippen LogP contribution in [0.2, 0.25) is 0 Å². The van der Waals surface area contributed by atoms with E-state index in [1.165, 1.54) is 0 Å². The Bertz CT molecular complexity index is 319. The lowest BCUT2D eigenvalue weighted by Crippen LogP contribution is -2.01. The summed E-state index contributed by atoms with van der Waals surface area (Å²) in [6.07, 6.45) is 2.75. The second-order valence-electron chi connectivity index (χ2n) is 3.60. The first-order chi connectivity index (χ1) is 7.24. The highest BCUT2D eigenvalue weighted by molar-refractivity contribution is 5.48. The maximum Gasteiger partial charge on any atom is 0.123 e. The number of phenolic OH excluding ortho intramolecular Hbond substituents is 1. The Morgan fingerprint density at radius 3 is 2.27 bits per heavy atom. The molecule has 1 aromatic rings. The predicted octanol–water partition coefficient (Wildman–Crippen LogP) is 3.31. The molecule has 15 heavy (non-hydrogen) atoms. The molecule has 0 spiro atoms. The fraction of sp³-hybridized carbons (Fsp3) is 0.538. The van der Waals surface area contributed by atoms with Crippen molar-refractivity contribution in [3.8, 4) is 11.5 Å². The minimum atomic E-state index is 0.387. The van der Waals surface area contributed by atoms with Gasteiger partial charge in [0.1, 0.15) is 11.5 Å². The van der Waals surface area contributed by atoms with E-state index in [-0.39, 0.29) is 0 Å². The molecule has 0 amide bonds. The Morgan fingerprint density at radius 2 is 1.73 bits per heavy atom. The Hall–Kier alpha value is -1.18. The van der Waals surface area contributed by atoms with Gasteiger partial charge in [0, 0.05) is 11.1 Å². The van der Waals surface area contributed by atoms with Gasteiger partial charge >= 0.3 is 0 Å². The van der Waals surface area contributed by atoms with Gasteiger partial charge in [0.2, 0.25) is 0 Å². The summed E-state index contributed by atoms with van der Waals surface area (Å²) in [4.78, 5) is 0. The van der Waals surface area contributed by atoms with Crippen LogP contribution >= 0.6 is 0 Å². The first-order valence-electron chi connectivity index (χ1n) is 5.71. The number of ether oxygens (including phenoxy) is 1. The largest absolute Gasteiger partial charge is 0.508 e. The van der Waals surface area contributed by atoms with E-state index in [1.54, 1.807) is 6.07 Å². The minimum absolute atomic E-state index is 0.387. The van der Waals surface area contributed by atoms with Crippen LogP contribution in [0.3, 0.4) is 0 Å². The monoisotopic (exact) mass is 208 g/mol. The Balaban J connectivity index is 3.05. The fourth-order valence-electron chi connectivity index (χ4n) is 1.79. The summed E-state index contributed by atoms with van der Waals surface area (Å²) < 4.78 is 5.66. The van der Waals surface area contributed by atoms with Crippen molar-refractivity contribution < 1.29 is 9.84 Å². The highest BCUT2D eigenvalue weighted by atomic mass is 16.5. The second-order valence-corrected chi connectivity index (χ2v) is 3.60. The number of rotatable bonds is 5. The molecule has 0 heterocycles. The molecule has 0 unspecified atom stereocenters. The molecule has 2 heteroatoms. The van der Waals surface area contributed by atoms with Crippen LogP contribution in [0.1, 0.15) is 38.3 Å². The smallest absolute Gasteiger partial charge is 0.123 e. The van der Waals surface area contributed by atoms with E-state index in [9.17, 15) is 5.11 Å². The van der Waals surface area contributed by atoms with Gasteiger partial charge in [-0.1, -0.05) is 20.8 Å². The summed E-state index contributed by atoms with van der Waals surface area (Å²) in [5.41, 5.74) is 2.16. The van der Waals surface area contributed by atoms with Gasteiger partial charge in [0.15, 0.2) is 0 Å². The highest BCUT2D eigenvalue weighted by Crippen LogP contribution is 2.30. The third-order valence-electron chi connectivity index (χ3n) is 2.53. The molecule has 0 fully saturated rings. The summed E-state index contributed by atoms with van der Waals surface area (Å²) >= 11 is 0. The lowest BCUT2D eigenvalue weighted by Gasteiger charge is -2.14. The Morgan fingerprint density at radius 1 is 1.07 bits per heavy atom. The molecule has 2 nitrogen and oxygen atoms in total. The van der Waals surface area contributed by atoms with E-state index in [0.717, 1.165) is 42.7 Å². The van der Waals surface area contributed by atoms with Crippen LogP contribution in [0.15, 0.2) is 12.1 Å². The molecule has 0 aromatic heterocycles. The van der Waals surface area contributed by atoms with Crippen LogP contribution in [0.5, 0.6) is 11.5 Å². The number of hydrogen-bond donors (Lipinski definition) is 1. The second kappa shape index (κ2) is 5.64. The van der Waals surface area contributed by atoms with E-state index < -0.39 is 0 Å². The van der Waals surface area contributed by atoms with Gasteiger partial charge in [0.05, 0.1) is 6.61 Å². The highest BCUT2D eigenvalue weighted by Gasteiger charge is 2.10. The van der Waals surface area contributed by atoms with Crippen molar-refractivity contribution in [3.63, 3.8) is 0 Å². The molecular weight excluding hydrogens is 188 g/mol. The topological polar surface area (TPSA) is 29.5 Å². The van der Waals surface area contributed by atoms with Gasteiger partial charge < -0.3 is 9.84 Å². The van der Waals surface area contributed by atoms with Gasteiger partial charge in [-0.25, -0.2) is 0 Å². The maximum absolute atomic E-state index is 9.72. The molecule has 0 bridgehead atoms. The van der Waals surface area contributed by atoms with Gasteiger partial charge in [-0.05, 0) is 31.4 Å². The van der Waals surface area contributed by atoms with Crippen molar-refractivity contribution in [1.29, 1.82) is 0 Å². The molecule has 0 aliphatic carbocycles. The third-order valence-corrected chi connectivity index (χ3v) is 2.53. The molecule has 84 valence electrons. The van der Waals surface area contributed by atoms with Crippen molar-refractivity contribution in [2.45, 2.75) is 40.0 Å². The molecule has 0 atom stereocenters. The van der Waals surface area contributed by atoms with Crippen LogP contribution in [0.4, 0.5) is 0 Å². The maximum atomic E-state index is 9.72. The molecule has 1 aromatic carbocycles. The van der Waals surface area contributed by atoms with Crippen LogP contribution in [-0.4, -0.2) is 11.7 Å². The molecule has 1 N–H and O–H groups in total. The van der Waals surface area contributed by atoms with E-state index in [1.807, 2.05) is 6.07 Å². The van der Waals surface area contributed by atoms with Crippen LogP contribution in [0.25, 0.3) is 0 Å². The molecular formula is C13H20O2. The first kappa shape index (κ1) is 11.9. The summed E-state index contributed by atoms with van der Waals surface area (Å²) in [5, 5.41) is 9.72. The molecule has 0 saturated carbocycles. The number of aromatic hydroxyl groups is 1. The van der Waals surface area contributed by atoms with Crippen LogP contribution in [-0.2, 0) is 12.8 Å². The average Bonchev–Trinajstić information content (AvgIpc) is 2.26. The lowest BCUT2D eigenvalue weighted by molar-refractivity contribution is 0.313. The standard InChI is InChI=1S/C13H20O2/c1-4-9-15-13-8-7-12(14)10(5-2)11(13)6-3/h7-8,14H,4-6,9H2,1-3H3. The van der Waals surface area contributed by atoms with Gasteiger partial charge in [-0.3, -0.25) is 0 Å². The zero-order valence-electron chi connectivity index (χ0n) is 9.84. The quantitative estimate of drug-likeness (QED) is 0.804. The normalized spacial score (nSPS) is 10.3. The predicted molar refractivity (Wildman–Crippen MR) is 62.6 cm³/mol. The summed E-state index contributed by atoms with van der Waals surface area (Å²) in [7, 11) is 0. The van der Waals surface area contributed by atoms with Crippen molar-refractivity contribution >= 4 is 0 Å². The molecule has 0 aliphatic rings. The fourth-order valence-corrected chi connectivity index (χ4v) is 1.79. The number of benzene rings is 1. The van der Waals surface area contributed by atoms with Crippen LogP contribution < -0.4 is 4.74 Å². The average molecular weight is 208 g/mol. The number of phenols is 1. The van der Waals surface area contributed by atoms with E-state index in [0.29, 0.717) is 5.75 Å². The van der Waals surface area contributed by atoms with Gasteiger partial charge in [-0.2, -0.15) is 0 Å². The van der Waals surface area contributed by atoms with Crippen molar-refractivity contribution in [3.05, 3.63) is 23.3 Å². The summed E-state index contributed by atoms with van der Waals surface area (Å²) in [6, 6.07) is 3.59. The SMILES string of the molecule is CCCOc1ccc(O)c(CC)c1CC. The minimum Gasteiger partial charge on any atom is -0.508 e. The van der Waals surface area contributed by atoms with Crippen LogP contribution in [0, 0.1) is 0 Å². The molecule has 0 aliphatic heterocycles. The van der Waals surface area contributed by atoms with Crippen molar-refractivity contribution in [1.82, 2.24) is 0 Å². The molecule has 0 radical (unpaired) electrons. The summed E-state index contributed by atoms with van der Waals surface area (Å²) in [5.74, 6) is 1.31. The summed E-state index contributed by atoms with van der Waals surface area (Å²) in [6.45, 7) is 6.97. The third kappa shape index (κ3) is 2.65. The number of hydrogen-bond acceptors (Lipinski definition) is 2.